The second kappa shape index (κ2) is 4.23. The molecule has 0 atom stereocenters. The van der Waals surface area contributed by atoms with Crippen LogP contribution in [0.3, 0.4) is 0 Å². The molecule has 0 radical (unpaired) electrons. The maximum Gasteiger partial charge on any atom is 0.354 e. The molecule has 0 saturated carbocycles. The van der Waals surface area contributed by atoms with Crippen molar-refractivity contribution in [2.24, 2.45) is 0 Å². The van der Waals surface area contributed by atoms with E-state index in [0.717, 1.165) is 0 Å². The number of aromatic carboxylic acids is 1. The van der Waals surface area contributed by atoms with Crippen LogP contribution in [0.4, 0.5) is 0 Å². The van der Waals surface area contributed by atoms with Gasteiger partial charge >= 0.3 is 5.97 Å². The normalized spacial score (nSPS) is 10.4. The molecule has 0 spiro atoms. The number of hydrogen-bond donors (Lipinski definition) is 1. The van der Waals surface area contributed by atoms with Crippen LogP contribution in [0, 0.1) is 0 Å². The molecule has 70 valence electrons. The van der Waals surface area contributed by atoms with Crippen molar-refractivity contribution in [3.8, 4) is 0 Å². The van der Waals surface area contributed by atoms with E-state index in [-0.39, 0.29) is 5.69 Å². The molecule has 0 unspecified atom stereocenters. The van der Waals surface area contributed by atoms with Gasteiger partial charge in [-0.15, -0.1) is 0 Å². The van der Waals surface area contributed by atoms with Gasteiger partial charge in [-0.2, -0.15) is 0 Å². The highest BCUT2D eigenvalue weighted by molar-refractivity contribution is 7.99. The van der Waals surface area contributed by atoms with Crippen molar-refractivity contribution < 1.29 is 9.90 Å². The van der Waals surface area contributed by atoms with Crippen molar-refractivity contribution in [3.63, 3.8) is 0 Å². The first kappa shape index (κ1) is 9.98. The van der Waals surface area contributed by atoms with Gasteiger partial charge < -0.3 is 5.11 Å². The van der Waals surface area contributed by atoms with Crippen LogP contribution < -0.4 is 0 Å². The van der Waals surface area contributed by atoms with Gasteiger partial charge in [0.2, 0.25) is 0 Å². The summed E-state index contributed by atoms with van der Waals surface area (Å²) in [6, 6.07) is 1.38. The van der Waals surface area contributed by atoms with E-state index < -0.39 is 5.97 Å². The number of rotatable bonds is 3. The highest BCUT2D eigenvalue weighted by atomic mass is 32.2. The van der Waals surface area contributed by atoms with Crippen molar-refractivity contribution in [3.05, 3.63) is 18.0 Å². The van der Waals surface area contributed by atoms with Crippen molar-refractivity contribution in [2.75, 3.05) is 0 Å². The average Bonchev–Trinajstić information content (AvgIpc) is 2.03. The van der Waals surface area contributed by atoms with Crippen molar-refractivity contribution in [2.45, 2.75) is 24.3 Å². The predicted molar refractivity (Wildman–Crippen MR) is 50.0 cm³/mol. The molecule has 4 nitrogen and oxygen atoms in total. The van der Waals surface area contributed by atoms with Gasteiger partial charge in [0.05, 0.1) is 0 Å². The Kier molecular flexibility index (Phi) is 3.25. The molecule has 0 aliphatic rings. The first-order valence-corrected chi connectivity index (χ1v) is 4.70. The van der Waals surface area contributed by atoms with Gasteiger partial charge in [0, 0.05) is 11.4 Å². The van der Waals surface area contributed by atoms with Gasteiger partial charge in [-0.25, -0.2) is 14.8 Å². The Labute approximate surface area is 80.4 Å². The predicted octanol–water partition coefficient (Wildman–Crippen LogP) is 1.68. The topological polar surface area (TPSA) is 63.1 Å². The fourth-order valence-electron chi connectivity index (χ4n) is 0.728. The maximum atomic E-state index is 10.5. The molecule has 13 heavy (non-hydrogen) atoms. The third kappa shape index (κ3) is 3.02. The van der Waals surface area contributed by atoms with E-state index in [9.17, 15) is 4.79 Å². The summed E-state index contributed by atoms with van der Waals surface area (Å²) in [6.45, 7) is 4.00. The molecule has 1 aromatic heterocycles. The molecule has 1 aromatic rings. The third-order valence-corrected chi connectivity index (χ3v) is 2.07. The van der Waals surface area contributed by atoms with Gasteiger partial charge in [-0.05, 0) is 6.07 Å². The highest BCUT2D eigenvalue weighted by Crippen LogP contribution is 2.17. The Hall–Kier alpha value is -1.10. The van der Waals surface area contributed by atoms with Crippen LogP contribution in [0.1, 0.15) is 24.3 Å². The Morgan fingerprint density at radius 1 is 1.62 bits per heavy atom. The Bertz CT molecular complexity index is 315. The number of hydrogen-bond acceptors (Lipinski definition) is 4. The third-order valence-electron chi connectivity index (χ3n) is 1.19. The monoisotopic (exact) mass is 198 g/mol. The van der Waals surface area contributed by atoms with E-state index >= 15 is 0 Å². The van der Waals surface area contributed by atoms with Crippen LogP contribution in [0.15, 0.2) is 17.4 Å². The molecule has 5 heteroatoms. The minimum atomic E-state index is -1.02. The number of carbonyl (C=O) groups is 1. The van der Waals surface area contributed by atoms with Crippen LogP contribution in [0.2, 0.25) is 0 Å². The average molecular weight is 198 g/mol. The van der Waals surface area contributed by atoms with Crippen molar-refractivity contribution in [1.82, 2.24) is 9.97 Å². The molecule has 0 bridgehead atoms. The lowest BCUT2D eigenvalue weighted by Gasteiger charge is -2.02. The summed E-state index contributed by atoms with van der Waals surface area (Å²) in [7, 11) is 0. The number of carboxylic acids is 1. The highest BCUT2D eigenvalue weighted by Gasteiger charge is 2.07. The standard InChI is InChI=1S/C8H10N2O2S/c1-5(2)13-8-9-4-3-6(10-8)7(11)12/h3-5H,1-2H3,(H,11,12). The van der Waals surface area contributed by atoms with Crippen LogP contribution in [0.5, 0.6) is 0 Å². The molecule has 0 fully saturated rings. The van der Waals surface area contributed by atoms with Gasteiger partial charge in [0.25, 0.3) is 0 Å². The summed E-state index contributed by atoms with van der Waals surface area (Å²) in [5.41, 5.74) is 0.0400. The number of thioether (sulfide) groups is 1. The van der Waals surface area contributed by atoms with Gasteiger partial charge in [-0.1, -0.05) is 25.6 Å². The lowest BCUT2D eigenvalue weighted by Crippen LogP contribution is -2.02. The lowest BCUT2D eigenvalue weighted by molar-refractivity contribution is 0.0689. The molecule has 1 rings (SSSR count). The molecule has 1 N–H and O–H groups in total. The summed E-state index contributed by atoms with van der Waals surface area (Å²) in [5, 5.41) is 9.50. The summed E-state index contributed by atoms with van der Waals surface area (Å²) in [6.07, 6.45) is 1.46. The minimum Gasteiger partial charge on any atom is -0.477 e. The lowest BCUT2D eigenvalue weighted by atomic mass is 10.4. The zero-order valence-corrected chi connectivity index (χ0v) is 8.21. The van der Waals surface area contributed by atoms with Crippen LogP contribution in [0.25, 0.3) is 0 Å². The van der Waals surface area contributed by atoms with Crippen molar-refractivity contribution in [1.29, 1.82) is 0 Å². The van der Waals surface area contributed by atoms with E-state index in [1.54, 1.807) is 0 Å². The van der Waals surface area contributed by atoms with Crippen LogP contribution >= 0.6 is 11.8 Å². The van der Waals surface area contributed by atoms with Gasteiger partial charge in [0.1, 0.15) is 0 Å². The summed E-state index contributed by atoms with van der Waals surface area (Å²) in [4.78, 5) is 18.4. The largest absolute Gasteiger partial charge is 0.477 e. The SMILES string of the molecule is CC(C)Sc1nccc(C(=O)O)n1. The van der Waals surface area contributed by atoms with Crippen molar-refractivity contribution >= 4 is 17.7 Å². The van der Waals surface area contributed by atoms with E-state index in [0.29, 0.717) is 10.4 Å². The fraction of sp³-hybridized carbons (Fsp3) is 0.375. The minimum absolute atomic E-state index is 0.0400. The Morgan fingerprint density at radius 2 is 2.31 bits per heavy atom. The van der Waals surface area contributed by atoms with E-state index in [4.69, 9.17) is 5.11 Å². The number of carboxylic acid groups (broad SMARTS) is 1. The molecule has 1 heterocycles. The molecular formula is C8H10N2O2S. The summed E-state index contributed by atoms with van der Waals surface area (Å²) < 4.78 is 0. The number of nitrogens with zero attached hydrogens (tertiary/aromatic N) is 2. The zero-order valence-electron chi connectivity index (χ0n) is 7.39. The number of aromatic nitrogens is 2. The Balaban J connectivity index is 2.85. The van der Waals surface area contributed by atoms with Gasteiger partial charge in [-0.3, -0.25) is 0 Å². The van der Waals surface area contributed by atoms with Crippen LogP contribution in [-0.4, -0.2) is 26.3 Å². The van der Waals surface area contributed by atoms with Gasteiger partial charge in [0.15, 0.2) is 10.9 Å². The smallest absolute Gasteiger partial charge is 0.354 e. The summed E-state index contributed by atoms with van der Waals surface area (Å²) >= 11 is 1.44. The first-order chi connectivity index (χ1) is 6.09. The second-order valence-electron chi connectivity index (χ2n) is 2.70. The van der Waals surface area contributed by atoms with E-state index in [1.807, 2.05) is 13.8 Å². The second-order valence-corrected chi connectivity index (χ2v) is 4.24. The van der Waals surface area contributed by atoms with Crippen LogP contribution in [-0.2, 0) is 0 Å². The molecule has 0 aliphatic carbocycles. The van der Waals surface area contributed by atoms with E-state index in [1.165, 1.54) is 24.0 Å². The summed E-state index contributed by atoms with van der Waals surface area (Å²) in [5.74, 6) is -1.02. The molecule has 0 aromatic carbocycles. The molecule has 0 saturated heterocycles. The quantitative estimate of drug-likeness (QED) is 0.591. The molecule has 0 amide bonds. The molecular weight excluding hydrogens is 188 g/mol. The Morgan fingerprint density at radius 3 is 2.85 bits per heavy atom. The zero-order chi connectivity index (χ0) is 9.84. The molecule has 0 aliphatic heterocycles. The first-order valence-electron chi connectivity index (χ1n) is 3.82. The van der Waals surface area contributed by atoms with E-state index in [2.05, 4.69) is 9.97 Å². The fourth-order valence-corrected chi connectivity index (χ4v) is 1.42. The maximum absolute atomic E-state index is 10.5.